The first kappa shape index (κ1) is 13.4. The monoisotopic (exact) mass is 280 g/mol. The highest BCUT2D eigenvalue weighted by molar-refractivity contribution is 8.00. The van der Waals surface area contributed by atoms with Crippen LogP contribution in [-0.4, -0.2) is 21.9 Å². The lowest BCUT2D eigenvalue weighted by Gasteiger charge is -2.14. The van der Waals surface area contributed by atoms with Crippen molar-refractivity contribution in [2.24, 2.45) is 5.73 Å². The molecule has 0 bridgehead atoms. The zero-order valence-corrected chi connectivity index (χ0v) is 11.9. The number of aryl methyl sites for hydroxylation is 1. The standard InChI is InChI=1S/C13H16N2OS2/c1-8-4-2-5-9(11(8)12(14)17)15-13(16)10-6-3-7-18-10/h2,4-5,10H,3,6-7H2,1H3,(H2,14,17)(H,15,16). The molecule has 1 aliphatic rings. The molecule has 1 aromatic carbocycles. The Labute approximate surface area is 117 Å². The molecule has 1 fully saturated rings. The Bertz CT molecular complexity index is 482. The third kappa shape index (κ3) is 2.84. The number of carbonyl (C=O) groups excluding carboxylic acids is 1. The van der Waals surface area contributed by atoms with Crippen LogP contribution in [-0.2, 0) is 4.79 Å². The van der Waals surface area contributed by atoms with Gasteiger partial charge in [0, 0.05) is 5.56 Å². The topological polar surface area (TPSA) is 55.1 Å². The van der Waals surface area contributed by atoms with Crippen LogP contribution in [0.15, 0.2) is 18.2 Å². The van der Waals surface area contributed by atoms with Crippen molar-refractivity contribution in [2.45, 2.75) is 25.0 Å². The molecule has 0 aromatic heterocycles. The number of hydrogen-bond acceptors (Lipinski definition) is 3. The Balaban J connectivity index is 2.20. The van der Waals surface area contributed by atoms with Gasteiger partial charge in [-0.2, -0.15) is 0 Å². The summed E-state index contributed by atoms with van der Waals surface area (Å²) in [6.07, 6.45) is 2.06. The number of nitrogens with two attached hydrogens (primary N) is 1. The zero-order chi connectivity index (χ0) is 13.1. The summed E-state index contributed by atoms with van der Waals surface area (Å²) in [5, 5.41) is 3.01. The number of amides is 1. The molecule has 1 atom stereocenters. The molecule has 1 aromatic rings. The second-order valence-electron chi connectivity index (χ2n) is 4.35. The molecule has 0 saturated carbocycles. The lowest BCUT2D eigenvalue weighted by Crippen LogP contribution is -2.25. The van der Waals surface area contributed by atoms with Gasteiger partial charge in [-0.25, -0.2) is 0 Å². The molecule has 0 spiro atoms. The highest BCUT2D eigenvalue weighted by Gasteiger charge is 2.24. The summed E-state index contributed by atoms with van der Waals surface area (Å²) in [4.78, 5) is 12.4. The minimum absolute atomic E-state index is 0.0561. The van der Waals surface area contributed by atoms with Crippen molar-refractivity contribution in [3.63, 3.8) is 0 Å². The van der Waals surface area contributed by atoms with Gasteiger partial charge in [0.15, 0.2) is 0 Å². The summed E-state index contributed by atoms with van der Waals surface area (Å²) in [5.41, 5.74) is 8.19. The number of carbonyl (C=O) groups is 1. The van der Waals surface area contributed by atoms with Crippen molar-refractivity contribution in [1.82, 2.24) is 0 Å². The Morgan fingerprint density at radius 1 is 1.56 bits per heavy atom. The van der Waals surface area contributed by atoms with Crippen molar-refractivity contribution in [2.75, 3.05) is 11.1 Å². The Morgan fingerprint density at radius 2 is 2.33 bits per heavy atom. The van der Waals surface area contributed by atoms with Crippen LogP contribution in [0.5, 0.6) is 0 Å². The lowest BCUT2D eigenvalue weighted by atomic mass is 10.1. The van der Waals surface area contributed by atoms with Crippen LogP contribution in [0, 0.1) is 6.92 Å². The van der Waals surface area contributed by atoms with Gasteiger partial charge < -0.3 is 11.1 Å². The van der Waals surface area contributed by atoms with E-state index in [-0.39, 0.29) is 11.2 Å². The molecule has 2 rings (SSSR count). The van der Waals surface area contributed by atoms with E-state index in [9.17, 15) is 4.79 Å². The first-order valence-electron chi connectivity index (χ1n) is 5.91. The largest absolute Gasteiger partial charge is 0.389 e. The Kier molecular flexibility index (Phi) is 4.24. The number of anilines is 1. The van der Waals surface area contributed by atoms with E-state index >= 15 is 0 Å². The molecule has 1 saturated heterocycles. The van der Waals surface area contributed by atoms with Gasteiger partial charge in [-0.05, 0) is 37.1 Å². The van der Waals surface area contributed by atoms with Gasteiger partial charge in [-0.3, -0.25) is 4.79 Å². The van der Waals surface area contributed by atoms with E-state index in [1.165, 1.54) is 0 Å². The van der Waals surface area contributed by atoms with Crippen molar-refractivity contribution in [3.05, 3.63) is 29.3 Å². The maximum absolute atomic E-state index is 12.1. The SMILES string of the molecule is Cc1cccc(NC(=O)C2CCCS2)c1C(N)=S. The Hall–Kier alpha value is -1.07. The average molecular weight is 280 g/mol. The molecule has 1 heterocycles. The van der Waals surface area contributed by atoms with E-state index in [1.54, 1.807) is 11.8 Å². The van der Waals surface area contributed by atoms with Crippen molar-refractivity contribution in [1.29, 1.82) is 0 Å². The summed E-state index contributed by atoms with van der Waals surface area (Å²) in [6.45, 7) is 1.94. The molecular weight excluding hydrogens is 264 g/mol. The maximum atomic E-state index is 12.1. The second kappa shape index (κ2) is 5.71. The quantitative estimate of drug-likeness (QED) is 0.835. The molecule has 1 unspecified atom stereocenters. The van der Waals surface area contributed by atoms with Crippen LogP contribution in [0.25, 0.3) is 0 Å². The number of benzene rings is 1. The van der Waals surface area contributed by atoms with Crippen LogP contribution >= 0.6 is 24.0 Å². The molecule has 0 aliphatic carbocycles. The summed E-state index contributed by atoms with van der Waals surface area (Å²) in [5.74, 6) is 1.12. The van der Waals surface area contributed by atoms with Crippen LogP contribution in [0.3, 0.4) is 0 Å². The fourth-order valence-electron chi connectivity index (χ4n) is 2.10. The Morgan fingerprint density at radius 3 is 2.94 bits per heavy atom. The van der Waals surface area contributed by atoms with Crippen molar-refractivity contribution >= 4 is 40.6 Å². The lowest BCUT2D eigenvalue weighted by molar-refractivity contribution is -0.115. The molecule has 5 heteroatoms. The number of hydrogen-bond donors (Lipinski definition) is 2. The van der Waals surface area contributed by atoms with E-state index in [0.29, 0.717) is 4.99 Å². The zero-order valence-electron chi connectivity index (χ0n) is 10.2. The van der Waals surface area contributed by atoms with Gasteiger partial charge in [0.2, 0.25) is 5.91 Å². The van der Waals surface area contributed by atoms with E-state index in [2.05, 4.69) is 5.32 Å². The second-order valence-corrected chi connectivity index (χ2v) is 6.10. The van der Waals surface area contributed by atoms with Gasteiger partial charge in [0.1, 0.15) is 4.99 Å². The molecular formula is C13H16N2OS2. The number of thioether (sulfide) groups is 1. The van der Waals surface area contributed by atoms with E-state index in [0.717, 1.165) is 35.4 Å². The van der Waals surface area contributed by atoms with Crippen LogP contribution in [0.1, 0.15) is 24.0 Å². The van der Waals surface area contributed by atoms with Crippen LogP contribution in [0.4, 0.5) is 5.69 Å². The van der Waals surface area contributed by atoms with Crippen LogP contribution in [0.2, 0.25) is 0 Å². The van der Waals surface area contributed by atoms with E-state index < -0.39 is 0 Å². The van der Waals surface area contributed by atoms with Crippen molar-refractivity contribution < 1.29 is 4.79 Å². The van der Waals surface area contributed by atoms with Gasteiger partial charge >= 0.3 is 0 Å². The highest BCUT2D eigenvalue weighted by atomic mass is 32.2. The molecule has 1 amide bonds. The summed E-state index contributed by atoms with van der Waals surface area (Å²) in [7, 11) is 0. The molecule has 96 valence electrons. The van der Waals surface area contributed by atoms with Crippen molar-refractivity contribution in [3.8, 4) is 0 Å². The first-order valence-corrected chi connectivity index (χ1v) is 7.37. The molecule has 18 heavy (non-hydrogen) atoms. The molecule has 3 N–H and O–H groups in total. The minimum Gasteiger partial charge on any atom is -0.389 e. The van der Waals surface area contributed by atoms with E-state index in [1.807, 2.05) is 25.1 Å². The van der Waals surface area contributed by atoms with Crippen LogP contribution < -0.4 is 11.1 Å². The van der Waals surface area contributed by atoms with Gasteiger partial charge in [-0.1, -0.05) is 24.4 Å². The molecule has 0 radical (unpaired) electrons. The third-order valence-corrected chi connectivity index (χ3v) is 4.58. The average Bonchev–Trinajstić information content (AvgIpc) is 2.81. The summed E-state index contributed by atoms with van der Waals surface area (Å²) in [6, 6.07) is 5.68. The number of thiocarbonyl (C=S) groups is 1. The van der Waals surface area contributed by atoms with Gasteiger partial charge in [0.05, 0.1) is 10.9 Å². The minimum atomic E-state index is 0.0561. The molecule has 1 aliphatic heterocycles. The van der Waals surface area contributed by atoms with Gasteiger partial charge in [-0.15, -0.1) is 11.8 Å². The summed E-state index contributed by atoms with van der Waals surface area (Å²) < 4.78 is 0. The predicted octanol–water partition coefficient (Wildman–Crippen LogP) is 2.46. The summed E-state index contributed by atoms with van der Waals surface area (Å²) >= 11 is 6.76. The fourth-order valence-corrected chi connectivity index (χ4v) is 3.53. The molecule has 3 nitrogen and oxygen atoms in total. The number of nitrogens with one attached hydrogen (secondary N) is 1. The van der Waals surface area contributed by atoms with E-state index in [4.69, 9.17) is 18.0 Å². The number of rotatable bonds is 3. The maximum Gasteiger partial charge on any atom is 0.237 e. The predicted molar refractivity (Wildman–Crippen MR) is 81.2 cm³/mol. The first-order chi connectivity index (χ1) is 8.59. The normalized spacial score (nSPS) is 18.6. The smallest absolute Gasteiger partial charge is 0.237 e. The fraction of sp³-hybridized carbons (Fsp3) is 0.385. The van der Waals surface area contributed by atoms with Gasteiger partial charge in [0.25, 0.3) is 0 Å². The third-order valence-electron chi connectivity index (χ3n) is 3.00. The highest BCUT2D eigenvalue weighted by Crippen LogP contribution is 2.28.